The number of hydrogen-bond acceptors (Lipinski definition) is 2. The Labute approximate surface area is 89.1 Å². The molecule has 1 heterocycles. The average Bonchev–Trinajstić information content (AvgIpc) is 2.22. The molecule has 0 bridgehead atoms. The third kappa shape index (κ3) is 3.25. The van der Waals surface area contributed by atoms with Crippen LogP contribution in [0.5, 0.6) is 0 Å². The van der Waals surface area contributed by atoms with Gasteiger partial charge in [0, 0.05) is 24.2 Å². The molecule has 1 rings (SSSR count). The zero-order chi connectivity index (χ0) is 10.8. The highest BCUT2D eigenvalue weighted by Gasteiger charge is 2.28. The number of hydrogen-bond donors (Lipinski definition) is 1. The van der Waals surface area contributed by atoms with Crippen LogP contribution in [-0.4, -0.2) is 35.6 Å². The van der Waals surface area contributed by atoms with E-state index in [2.05, 4.69) is 44.8 Å². The Morgan fingerprint density at radius 2 is 2.14 bits per heavy atom. The predicted octanol–water partition coefficient (Wildman–Crippen LogP) is 2.25. The molecule has 84 valence electrons. The summed E-state index contributed by atoms with van der Waals surface area (Å²) in [5, 5.41) is 3.69. The highest BCUT2D eigenvalue weighted by atomic mass is 15.2. The van der Waals surface area contributed by atoms with Crippen molar-refractivity contribution in [3.8, 4) is 0 Å². The Bertz CT molecular complexity index is 177. The van der Waals surface area contributed by atoms with Crippen molar-refractivity contribution in [1.82, 2.24) is 10.2 Å². The van der Waals surface area contributed by atoms with Crippen LogP contribution in [0.25, 0.3) is 0 Å². The van der Waals surface area contributed by atoms with E-state index in [1.54, 1.807) is 0 Å². The van der Waals surface area contributed by atoms with Gasteiger partial charge in [0.05, 0.1) is 0 Å². The molecule has 2 atom stereocenters. The SMILES string of the molecule is CCC(C)N1CCC(C)NC(C)(C)C1. The van der Waals surface area contributed by atoms with Crippen LogP contribution in [0.1, 0.15) is 47.5 Å². The van der Waals surface area contributed by atoms with Crippen molar-refractivity contribution in [1.29, 1.82) is 0 Å². The molecule has 0 aromatic carbocycles. The maximum atomic E-state index is 3.69. The zero-order valence-corrected chi connectivity index (χ0v) is 10.4. The molecular weight excluding hydrogens is 172 g/mol. The summed E-state index contributed by atoms with van der Waals surface area (Å²) in [5.74, 6) is 0. The Balaban J connectivity index is 2.62. The molecule has 0 radical (unpaired) electrons. The molecular formula is C12H26N2. The second kappa shape index (κ2) is 4.63. The quantitative estimate of drug-likeness (QED) is 0.732. The monoisotopic (exact) mass is 198 g/mol. The molecule has 0 spiro atoms. The molecule has 1 N–H and O–H groups in total. The summed E-state index contributed by atoms with van der Waals surface area (Å²) in [6, 6.07) is 1.38. The molecule has 0 aliphatic carbocycles. The van der Waals surface area contributed by atoms with Crippen LogP contribution in [0, 0.1) is 0 Å². The van der Waals surface area contributed by atoms with Gasteiger partial charge in [-0.3, -0.25) is 4.90 Å². The summed E-state index contributed by atoms with van der Waals surface area (Å²) in [6.07, 6.45) is 2.53. The van der Waals surface area contributed by atoms with Crippen molar-refractivity contribution < 1.29 is 0 Å². The molecule has 1 aliphatic heterocycles. The molecule has 2 unspecified atom stereocenters. The number of nitrogens with one attached hydrogen (secondary N) is 1. The Hall–Kier alpha value is -0.0800. The third-order valence-electron chi connectivity index (χ3n) is 3.30. The maximum Gasteiger partial charge on any atom is 0.0254 e. The molecule has 0 aromatic rings. The topological polar surface area (TPSA) is 15.3 Å². The van der Waals surface area contributed by atoms with E-state index in [-0.39, 0.29) is 5.54 Å². The van der Waals surface area contributed by atoms with Crippen molar-refractivity contribution in [2.24, 2.45) is 0 Å². The van der Waals surface area contributed by atoms with Crippen LogP contribution in [0.2, 0.25) is 0 Å². The fourth-order valence-corrected chi connectivity index (χ4v) is 2.37. The van der Waals surface area contributed by atoms with Gasteiger partial charge in [-0.2, -0.15) is 0 Å². The molecule has 14 heavy (non-hydrogen) atoms. The summed E-state index contributed by atoms with van der Waals surface area (Å²) in [7, 11) is 0. The molecule has 0 amide bonds. The highest BCUT2D eigenvalue weighted by Crippen LogP contribution is 2.17. The van der Waals surface area contributed by atoms with Gasteiger partial charge in [-0.25, -0.2) is 0 Å². The molecule has 2 heteroatoms. The van der Waals surface area contributed by atoms with E-state index in [4.69, 9.17) is 0 Å². The third-order valence-corrected chi connectivity index (χ3v) is 3.30. The van der Waals surface area contributed by atoms with Gasteiger partial charge in [-0.1, -0.05) is 6.92 Å². The van der Waals surface area contributed by atoms with Crippen molar-refractivity contribution in [3.05, 3.63) is 0 Å². The summed E-state index contributed by atoms with van der Waals surface area (Å²) in [6.45, 7) is 13.9. The number of nitrogens with zero attached hydrogens (tertiary/aromatic N) is 1. The lowest BCUT2D eigenvalue weighted by Crippen LogP contribution is -2.50. The van der Waals surface area contributed by atoms with Crippen LogP contribution in [-0.2, 0) is 0 Å². The minimum atomic E-state index is 0.263. The van der Waals surface area contributed by atoms with Crippen LogP contribution >= 0.6 is 0 Å². The smallest absolute Gasteiger partial charge is 0.0254 e. The fourth-order valence-electron chi connectivity index (χ4n) is 2.37. The van der Waals surface area contributed by atoms with E-state index in [1.165, 1.54) is 25.9 Å². The lowest BCUT2D eigenvalue weighted by molar-refractivity contribution is 0.175. The first-order chi connectivity index (χ1) is 6.44. The fraction of sp³-hybridized carbons (Fsp3) is 1.00. The number of rotatable bonds is 2. The van der Waals surface area contributed by atoms with Crippen molar-refractivity contribution >= 4 is 0 Å². The average molecular weight is 198 g/mol. The normalized spacial score (nSPS) is 31.1. The van der Waals surface area contributed by atoms with Gasteiger partial charge in [0.15, 0.2) is 0 Å². The summed E-state index contributed by atoms with van der Waals surface area (Å²) < 4.78 is 0. The van der Waals surface area contributed by atoms with Gasteiger partial charge in [0.1, 0.15) is 0 Å². The largest absolute Gasteiger partial charge is 0.308 e. The van der Waals surface area contributed by atoms with E-state index in [0.29, 0.717) is 6.04 Å². The van der Waals surface area contributed by atoms with Gasteiger partial charge in [0.2, 0.25) is 0 Å². The molecule has 0 saturated carbocycles. The zero-order valence-electron chi connectivity index (χ0n) is 10.4. The Morgan fingerprint density at radius 3 is 2.71 bits per heavy atom. The molecule has 1 saturated heterocycles. The minimum absolute atomic E-state index is 0.263. The molecule has 1 aliphatic rings. The summed E-state index contributed by atoms with van der Waals surface area (Å²) in [4.78, 5) is 2.62. The first-order valence-corrected chi connectivity index (χ1v) is 5.96. The van der Waals surface area contributed by atoms with E-state index in [1.807, 2.05) is 0 Å². The van der Waals surface area contributed by atoms with Crippen molar-refractivity contribution in [3.63, 3.8) is 0 Å². The highest BCUT2D eigenvalue weighted by molar-refractivity contribution is 4.89. The maximum absolute atomic E-state index is 3.69. The Morgan fingerprint density at radius 1 is 1.50 bits per heavy atom. The van der Waals surface area contributed by atoms with Gasteiger partial charge in [0.25, 0.3) is 0 Å². The molecule has 1 fully saturated rings. The predicted molar refractivity (Wildman–Crippen MR) is 62.6 cm³/mol. The van der Waals surface area contributed by atoms with Crippen molar-refractivity contribution in [2.75, 3.05) is 13.1 Å². The second-order valence-electron chi connectivity index (χ2n) is 5.45. The summed E-state index contributed by atoms with van der Waals surface area (Å²) >= 11 is 0. The Kier molecular flexibility index (Phi) is 3.96. The van der Waals surface area contributed by atoms with Crippen LogP contribution in [0.4, 0.5) is 0 Å². The van der Waals surface area contributed by atoms with Gasteiger partial charge < -0.3 is 5.32 Å². The standard InChI is InChI=1S/C12H26N2/c1-6-11(3)14-8-7-10(2)13-12(4,5)9-14/h10-11,13H,6-9H2,1-5H3. The van der Waals surface area contributed by atoms with E-state index >= 15 is 0 Å². The lowest BCUT2D eigenvalue weighted by atomic mass is 10.0. The van der Waals surface area contributed by atoms with Gasteiger partial charge in [-0.15, -0.1) is 0 Å². The van der Waals surface area contributed by atoms with E-state index in [9.17, 15) is 0 Å². The van der Waals surface area contributed by atoms with Crippen LogP contribution < -0.4 is 5.32 Å². The lowest BCUT2D eigenvalue weighted by Gasteiger charge is -2.34. The van der Waals surface area contributed by atoms with Crippen LogP contribution in [0.15, 0.2) is 0 Å². The first-order valence-electron chi connectivity index (χ1n) is 5.96. The van der Waals surface area contributed by atoms with Gasteiger partial charge >= 0.3 is 0 Å². The minimum Gasteiger partial charge on any atom is -0.308 e. The van der Waals surface area contributed by atoms with Gasteiger partial charge in [-0.05, 0) is 47.1 Å². The molecule has 0 aromatic heterocycles. The van der Waals surface area contributed by atoms with Crippen molar-refractivity contribution in [2.45, 2.75) is 65.1 Å². The van der Waals surface area contributed by atoms with E-state index < -0.39 is 0 Å². The van der Waals surface area contributed by atoms with Crippen LogP contribution in [0.3, 0.4) is 0 Å². The molecule has 2 nitrogen and oxygen atoms in total. The summed E-state index contributed by atoms with van der Waals surface area (Å²) in [5.41, 5.74) is 0.263. The van der Waals surface area contributed by atoms with E-state index in [0.717, 1.165) is 6.04 Å². The first kappa shape index (κ1) is 12.0. The second-order valence-corrected chi connectivity index (χ2v) is 5.45.